The molecule has 1 aromatic carbocycles. The van der Waals surface area contributed by atoms with Crippen LogP contribution < -0.4 is 0 Å². The van der Waals surface area contributed by atoms with E-state index in [2.05, 4.69) is 31.9 Å². The van der Waals surface area contributed by atoms with Gasteiger partial charge in [0.1, 0.15) is 0 Å². The Balaban J connectivity index is 2.43. The summed E-state index contributed by atoms with van der Waals surface area (Å²) in [6.07, 6.45) is 3.76. The van der Waals surface area contributed by atoms with Crippen LogP contribution in [0.2, 0.25) is 19.6 Å². The van der Waals surface area contributed by atoms with Crippen molar-refractivity contribution in [3.8, 4) is 0 Å². The molecule has 0 aliphatic carbocycles. The van der Waals surface area contributed by atoms with Crippen molar-refractivity contribution < 1.29 is 13.3 Å². The van der Waals surface area contributed by atoms with E-state index in [0.717, 1.165) is 6.42 Å². The van der Waals surface area contributed by atoms with Crippen molar-refractivity contribution in [1.82, 2.24) is 4.31 Å². The Morgan fingerprint density at radius 1 is 1.26 bits per heavy atom. The highest BCUT2D eigenvalue weighted by Crippen LogP contribution is 2.35. The topological polar surface area (TPSA) is 80.5 Å². The molecule has 1 saturated heterocycles. The molecule has 0 spiro atoms. The first-order valence-corrected chi connectivity index (χ1v) is 14.1. The van der Waals surface area contributed by atoms with Gasteiger partial charge in [0.2, 0.25) is 10.0 Å². The lowest BCUT2D eigenvalue weighted by Crippen LogP contribution is -2.49. The molecular formula is C19H28N2O4SSi. The van der Waals surface area contributed by atoms with E-state index in [4.69, 9.17) is 0 Å². The minimum absolute atomic E-state index is 0.0797. The number of piperidine rings is 1. The summed E-state index contributed by atoms with van der Waals surface area (Å²) in [5.41, 5.74) is 3.54. The number of nitrogens with zero attached hydrogens (tertiary/aromatic N) is 2. The van der Waals surface area contributed by atoms with E-state index >= 15 is 0 Å². The lowest BCUT2D eigenvalue weighted by atomic mass is 9.93. The summed E-state index contributed by atoms with van der Waals surface area (Å²) >= 11 is 0. The number of non-ortho nitro benzene ring substituents is 1. The van der Waals surface area contributed by atoms with Crippen molar-refractivity contribution in [3.63, 3.8) is 0 Å². The lowest BCUT2D eigenvalue weighted by molar-refractivity contribution is -0.384. The molecular weight excluding hydrogens is 380 g/mol. The van der Waals surface area contributed by atoms with E-state index < -0.39 is 23.0 Å². The van der Waals surface area contributed by atoms with Crippen LogP contribution in [-0.4, -0.2) is 37.8 Å². The molecule has 8 heteroatoms. The standard InChI is InChI=1S/C19H28N2O4SSi/c1-6-16-12-15(14-27(3,4)5)13-17(7-2)20(16)26(24,25)19-10-8-18(9-11-19)21(22)23/h6,8-11,14,16-17H,1,7,12-13H2,2-5H3/b15-14-/t16-,17-/m1/s1. The zero-order chi connectivity index (χ0) is 20.4. The van der Waals surface area contributed by atoms with Crippen molar-refractivity contribution in [2.24, 2.45) is 0 Å². The second-order valence-electron chi connectivity index (χ2n) is 8.03. The van der Waals surface area contributed by atoms with E-state index in [0.29, 0.717) is 12.8 Å². The maximum atomic E-state index is 13.3. The quantitative estimate of drug-likeness (QED) is 0.300. The second-order valence-corrected chi connectivity index (χ2v) is 14.9. The molecule has 27 heavy (non-hydrogen) atoms. The zero-order valence-electron chi connectivity index (χ0n) is 16.4. The zero-order valence-corrected chi connectivity index (χ0v) is 18.2. The first-order chi connectivity index (χ1) is 12.5. The molecule has 0 saturated carbocycles. The summed E-state index contributed by atoms with van der Waals surface area (Å²) in [4.78, 5) is 10.4. The Bertz CT molecular complexity index is 841. The van der Waals surface area contributed by atoms with Crippen molar-refractivity contribution in [2.45, 2.75) is 62.8 Å². The predicted octanol–water partition coefficient (Wildman–Crippen LogP) is 4.52. The summed E-state index contributed by atoms with van der Waals surface area (Å²) in [5, 5.41) is 10.8. The SMILES string of the molecule is C=C[C@@H]1C/C(=C/[Si](C)(C)C)C[C@@H](CC)N1S(=O)(=O)c1ccc([N+](=O)[O-])cc1. The van der Waals surface area contributed by atoms with Crippen LogP contribution in [0.1, 0.15) is 26.2 Å². The number of nitro groups is 1. The Hall–Kier alpha value is -1.77. The first-order valence-electron chi connectivity index (χ1n) is 9.10. The van der Waals surface area contributed by atoms with Crippen LogP contribution in [0.4, 0.5) is 5.69 Å². The third-order valence-electron chi connectivity index (χ3n) is 4.66. The molecule has 2 rings (SSSR count). The van der Waals surface area contributed by atoms with Crippen LogP contribution in [0.5, 0.6) is 0 Å². The predicted molar refractivity (Wildman–Crippen MR) is 111 cm³/mol. The maximum Gasteiger partial charge on any atom is 0.269 e. The number of sulfonamides is 1. The summed E-state index contributed by atoms with van der Waals surface area (Å²) in [7, 11) is -5.18. The minimum atomic E-state index is -3.77. The Labute approximate surface area is 162 Å². The highest BCUT2D eigenvalue weighted by atomic mass is 32.2. The van der Waals surface area contributed by atoms with Gasteiger partial charge in [0.25, 0.3) is 5.69 Å². The number of rotatable bonds is 6. The van der Waals surface area contributed by atoms with Gasteiger partial charge in [0, 0.05) is 24.2 Å². The maximum absolute atomic E-state index is 13.3. The number of hydrogen-bond acceptors (Lipinski definition) is 4. The number of hydrogen-bond donors (Lipinski definition) is 0. The van der Waals surface area contributed by atoms with E-state index in [1.54, 1.807) is 10.4 Å². The van der Waals surface area contributed by atoms with Crippen molar-refractivity contribution in [1.29, 1.82) is 0 Å². The van der Waals surface area contributed by atoms with Gasteiger partial charge in [-0.05, 0) is 31.4 Å². The molecule has 0 aromatic heterocycles. The van der Waals surface area contributed by atoms with E-state index in [-0.39, 0.29) is 22.7 Å². The monoisotopic (exact) mass is 408 g/mol. The van der Waals surface area contributed by atoms with Crippen LogP contribution >= 0.6 is 0 Å². The first kappa shape index (κ1) is 21.5. The molecule has 148 valence electrons. The highest BCUT2D eigenvalue weighted by Gasteiger charge is 2.39. The molecule has 1 aliphatic heterocycles. The summed E-state index contributed by atoms with van der Waals surface area (Å²) in [5.74, 6) is 0. The Kier molecular flexibility index (Phi) is 6.44. The van der Waals surface area contributed by atoms with Crippen molar-refractivity contribution in [3.05, 3.63) is 58.3 Å². The van der Waals surface area contributed by atoms with Gasteiger partial charge in [0.15, 0.2) is 0 Å². The summed E-state index contributed by atoms with van der Waals surface area (Å²) in [6, 6.07) is 4.63. The molecule has 1 fully saturated rings. The average molecular weight is 409 g/mol. The fraction of sp³-hybridized carbons (Fsp3) is 0.474. The average Bonchev–Trinajstić information content (AvgIpc) is 2.59. The largest absolute Gasteiger partial charge is 0.269 e. The van der Waals surface area contributed by atoms with Crippen molar-refractivity contribution >= 4 is 23.8 Å². The van der Waals surface area contributed by atoms with E-state index in [1.807, 2.05) is 6.92 Å². The second kappa shape index (κ2) is 8.08. The summed E-state index contributed by atoms with van der Waals surface area (Å²) < 4.78 is 28.1. The van der Waals surface area contributed by atoms with Crippen LogP contribution in [0.25, 0.3) is 0 Å². The third kappa shape index (κ3) is 4.94. The molecule has 0 N–H and O–H groups in total. The van der Waals surface area contributed by atoms with Gasteiger partial charge in [-0.3, -0.25) is 10.1 Å². The summed E-state index contributed by atoms with van der Waals surface area (Å²) in [6.45, 7) is 12.7. The van der Waals surface area contributed by atoms with Crippen LogP contribution in [0, 0.1) is 10.1 Å². The minimum Gasteiger partial charge on any atom is -0.258 e. The van der Waals surface area contributed by atoms with Crippen LogP contribution in [-0.2, 0) is 10.0 Å². The van der Waals surface area contributed by atoms with Gasteiger partial charge in [0.05, 0.1) is 17.9 Å². The smallest absolute Gasteiger partial charge is 0.258 e. The van der Waals surface area contributed by atoms with Gasteiger partial charge in [-0.2, -0.15) is 4.31 Å². The Morgan fingerprint density at radius 2 is 1.85 bits per heavy atom. The molecule has 1 aromatic rings. The number of benzene rings is 1. The Morgan fingerprint density at radius 3 is 2.30 bits per heavy atom. The number of nitro benzene ring substituents is 1. The van der Waals surface area contributed by atoms with Gasteiger partial charge >= 0.3 is 0 Å². The van der Waals surface area contributed by atoms with Gasteiger partial charge in [-0.25, -0.2) is 8.42 Å². The molecule has 2 atom stereocenters. The van der Waals surface area contributed by atoms with Gasteiger partial charge in [-0.1, -0.05) is 43.9 Å². The normalized spacial score (nSPS) is 23.3. The van der Waals surface area contributed by atoms with E-state index in [1.165, 1.54) is 29.8 Å². The fourth-order valence-corrected chi connectivity index (χ4v) is 6.90. The molecule has 6 nitrogen and oxygen atoms in total. The molecule has 1 heterocycles. The van der Waals surface area contributed by atoms with Gasteiger partial charge < -0.3 is 0 Å². The van der Waals surface area contributed by atoms with Crippen LogP contribution in [0.3, 0.4) is 0 Å². The molecule has 0 unspecified atom stereocenters. The lowest BCUT2D eigenvalue weighted by Gasteiger charge is -2.41. The highest BCUT2D eigenvalue weighted by molar-refractivity contribution is 7.89. The molecule has 0 radical (unpaired) electrons. The molecule has 0 bridgehead atoms. The third-order valence-corrected chi connectivity index (χ3v) is 7.93. The molecule has 1 aliphatic rings. The van der Waals surface area contributed by atoms with Crippen LogP contribution in [0.15, 0.2) is 53.1 Å². The van der Waals surface area contributed by atoms with Gasteiger partial charge in [-0.15, -0.1) is 6.58 Å². The fourth-order valence-electron chi connectivity index (χ4n) is 3.58. The molecule has 0 amide bonds. The van der Waals surface area contributed by atoms with E-state index in [9.17, 15) is 18.5 Å². The van der Waals surface area contributed by atoms with Crippen molar-refractivity contribution in [2.75, 3.05) is 0 Å².